The van der Waals surface area contributed by atoms with Crippen LogP contribution in [0.15, 0.2) is 243 Å². The zero-order valence-electron chi connectivity index (χ0n) is 44.2. The molecular weight excluding hydrogens is 1120 g/mol. The molecule has 0 aliphatic rings. The first-order valence-electron chi connectivity index (χ1n) is 25.4. The van der Waals surface area contributed by atoms with Crippen LogP contribution in [0.4, 0.5) is 23.8 Å². The number of hydrogen-bond donors (Lipinski definition) is 0. The van der Waals surface area contributed by atoms with Gasteiger partial charge in [0.05, 0.1) is 20.4 Å². The van der Waals surface area contributed by atoms with Crippen LogP contribution in [0.3, 0.4) is 0 Å². The topological polar surface area (TPSA) is 347 Å². The second-order valence-electron chi connectivity index (χ2n) is 17.8. The molecule has 0 amide bonds. The minimum Gasteiger partial charge on any atom is -0.390 e. The Morgan fingerprint density at radius 2 is 0.405 bits per heavy atom. The molecule has 0 radical (unpaired) electrons. The molecule has 0 bridgehead atoms. The first kappa shape index (κ1) is 57.3. The average molecular weight is 1160 g/mol. The summed E-state index contributed by atoms with van der Waals surface area (Å²) in [5.41, 5.74) is 0. The summed E-state index contributed by atoms with van der Waals surface area (Å²) in [5, 5.41) is 91.9. The maximum atomic E-state index is 10.3. The lowest BCUT2D eigenvalue weighted by Crippen LogP contribution is -2.38. The molecule has 12 rings (SSSR count). The molecule has 0 saturated heterocycles. The summed E-state index contributed by atoms with van der Waals surface area (Å²) in [4.78, 5) is 37.8. The van der Waals surface area contributed by atoms with Gasteiger partial charge in [0.2, 0.25) is 0 Å². The Kier molecular flexibility index (Phi) is 18.6. The largest absolute Gasteiger partial charge is 0.510 e. The fraction of sp³-hybridized carbons (Fsp3) is 0. The third kappa shape index (κ3) is 13.3. The van der Waals surface area contributed by atoms with Gasteiger partial charge in [-0.15, -0.1) is 0 Å². The minimum absolute atomic E-state index is 0.664. The number of rotatable bonds is 16. The van der Waals surface area contributed by atoms with Gasteiger partial charge in [0.15, 0.2) is 0 Å². The number of aromatic nitrogens is 16. The Bertz CT molecular complexity index is 3390. The highest BCUT2D eigenvalue weighted by atomic mass is 31.2. The Labute approximate surface area is 477 Å². The van der Waals surface area contributed by atoms with Gasteiger partial charge in [-0.3, -0.25) is 0 Å². The maximum Gasteiger partial charge on any atom is 0.510 e. The van der Waals surface area contributed by atoms with Crippen LogP contribution in [0, 0.1) is 40.5 Å². The second-order valence-corrected chi connectivity index (χ2v) is 24.6. The smallest absolute Gasteiger partial charge is 0.390 e. The summed E-state index contributed by atoms with van der Waals surface area (Å²) in [6.45, 7) is 0. The van der Waals surface area contributed by atoms with E-state index in [4.69, 9.17) is 0 Å². The van der Waals surface area contributed by atoms with E-state index in [1.165, 1.54) is 42.4 Å². The first-order valence-corrected chi connectivity index (χ1v) is 29.0. The van der Waals surface area contributed by atoms with Gasteiger partial charge in [-0.25, -0.2) is 18.8 Å². The third-order valence-corrected chi connectivity index (χ3v) is 21.1. The summed E-state index contributed by atoms with van der Waals surface area (Å²) in [6, 6.07) is 87.7. The monoisotopic (exact) mass is 1160 g/mol. The van der Waals surface area contributed by atoms with Gasteiger partial charge >= 0.3 is 23.8 Å². The molecule has 4 heterocycles. The number of tetrazole rings is 4. The quantitative estimate of drug-likeness (QED) is 0.0580. The Morgan fingerprint density at radius 3 is 0.524 bits per heavy atom. The molecule has 8 aromatic carbocycles. The summed E-state index contributed by atoms with van der Waals surface area (Å²) >= 11 is 0. The zero-order chi connectivity index (χ0) is 58.7. The van der Waals surface area contributed by atoms with Gasteiger partial charge in [0.1, 0.15) is 57.0 Å². The van der Waals surface area contributed by atoms with Gasteiger partial charge < -0.3 is 40.5 Å². The van der Waals surface area contributed by atoms with Crippen molar-refractivity contribution in [2.24, 2.45) is 0 Å². The summed E-state index contributed by atoms with van der Waals surface area (Å²) < 4.78 is 3.68. The summed E-state index contributed by atoms with van der Waals surface area (Å²) in [6.07, 6.45) is 0. The average Bonchev–Trinajstić information content (AvgIpc) is 4.53. The number of nitro groups is 4. The predicted molar refractivity (Wildman–Crippen MR) is 319 cm³/mol. The van der Waals surface area contributed by atoms with Gasteiger partial charge in [-0.1, -0.05) is 146 Å². The van der Waals surface area contributed by atoms with Crippen LogP contribution in [-0.2, 0) is 0 Å². The van der Waals surface area contributed by atoms with E-state index in [1.54, 1.807) is 0 Å². The minimum atomic E-state index is -1.91. The molecule has 0 fully saturated rings. The van der Waals surface area contributed by atoms with Crippen molar-refractivity contribution in [3.05, 3.63) is 283 Å². The molecule has 0 saturated carbocycles. The van der Waals surface area contributed by atoms with Crippen LogP contribution in [-0.4, -0.2) is 115 Å². The summed E-state index contributed by atoms with van der Waals surface area (Å²) in [5.74, 6) is -2.65. The van der Waals surface area contributed by atoms with E-state index in [1.807, 2.05) is 0 Å². The Morgan fingerprint density at radius 1 is 0.262 bits per heavy atom. The van der Waals surface area contributed by atoms with Crippen LogP contribution < -0.4 is 42.4 Å². The molecule has 0 unspecified atom stereocenters. The molecule has 28 nitrogen and oxygen atoms in total. The van der Waals surface area contributed by atoms with Crippen molar-refractivity contribution in [2.75, 3.05) is 0 Å². The Balaban J connectivity index is 0.000000137. The normalized spacial score (nSPS) is 10.9. The number of nitrogens with zero attached hydrogens (tertiary/aromatic N) is 20. The number of benzene rings is 8. The van der Waals surface area contributed by atoms with Crippen molar-refractivity contribution in [2.45, 2.75) is 0 Å². The molecule has 0 atom stereocenters. The van der Waals surface area contributed by atoms with E-state index in [9.17, 15) is 40.5 Å². The highest BCUT2D eigenvalue weighted by Crippen LogP contribution is 2.55. The zero-order valence-corrected chi connectivity index (χ0v) is 46.0. The van der Waals surface area contributed by atoms with Crippen molar-refractivity contribution in [3.63, 3.8) is 0 Å². The fourth-order valence-electron chi connectivity index (χ4n) is 9.05. The van der Waals surface area contributed by atoms with E-state index < -0.39 is 73.1 Å². The van der Waals surface area contributed by atoms with Crippen LogP contribution in [0.1, 0.15) is 0 Å². The van der Waals surface area contributed by atoms with Crippen molar-refractivity contribution < 1.29 is 19.7 Å². The van der Waals surface area contributed by atoms with Crippen molar-refractivity contribution in [1.29, 1.82) is 0 Å². The van der Waals surface area contributed by atoms with Crippen LogP contribution in [0.2, 0.25) is 0 Å². The lowest BCUT2D eigenvalue weighted by molar-refractivity contribution is -0.394. The van der Waals surface area contributed by atoms with Crippen molar-refractivity contribution in [1.82, 2.24) is 80.5 Å². The van der Waals surface area contributed by atoms with Crippen LogP contribution in [0.5, 0.6) is 0 Å². The van der Waals surface area contributed by atoms with E-state index in [0.29, 0.717) is 0 Å². The van der Waals surface area contributed by atoms with Gasteiger partial charge in [-0.05, 0) is 117 Å². The lowest BCUT2D eigenvalue weighted by Gasteiger charge is -2.27. The molecule has 0 aliphatic heterocycles. The molecule has 0 aliphatic carbocycles. The highest BCUT2D eigenvalue weighted by molar-refractivity contribution is 8.02. The maximum absolute atomic E-state index is 10.3. The fourth-order valence-corrected chi connectivity index (χ4v) is 17.6. The van der Waals surface area contributed by atoms with Crippen LogP contribution >= 0.6 is 14.5 Å². The molecule has 32 heteroatoms. The third-order valence-electron chi connectivity index (χ3n) is 12.5. The molecule has 4 aromatic heterocycles. The second kappa shape index (κ2) is 27.2. The SMILES string of the molecule is O=[N+]([O-])c1nnn([BH2-]n2nnc([N+](=O)[O-])n2)n1.O=[N+]([O-])c1nnn([BH2-]n2nnc([N+](=O)[O-])n2)n1.c1ccc([P+](c2ccccc2)(c2ccccc2)c2ccccc2)cc1.c1ccc([P+](c2ccccc2)(c2ccccc2)c2ccccc2)cc1. The van der Waals surface area contributed by atoms with E-state index in [-0.39, 0.29) is 0 Å². The van der Waals surface area contributed by atoms with Crippen molar-refractivity contribution in [3.8, 4) is 0 Å². The van der Waals surface area contributed by atoms with E-state index in [2.05, 4.69) is 304 Å². The summed E-state index contributed by atoms with van der Waals surface area (Å²) in [7, 11) is -6.75. The van der Waals surface area contributed by atoms with E-state index >= 15 is 0 Å². The van der Waals surface area contributed by atoms with Crippen LogP contribution in [0.25, 0.3) is 0 Å². The molecule has 0 spiro atoms. The molecule has 84 heavy (non-hydrogen) atoms. The molecule has 416 valence electrons. The molecule has 0 N–H and O–H groups in total. The standard InChI is InChI=1S/2C24H20P.2C2H2BN10O4/c2*1-5-13-21(14-6-1)25(22-15-7-2-8-16-22,23-17-9-3-10-18-23)24-19-11-4-12-20-24;2*14-10(15)1-4-8-12(6-1)3-13-7-2(5-9-13)11(16)17/h2*1-20H;2*3H2/q2*+1;2*-1. The predicted octanol–water partition coefficient (Wildman–Crippen LogP) is 2.35. The van der Waals surface area contributed by atoms with Gasteiger partial charge in [0.25, 0.3) is 15.1 Å². The van der Waals surface area contributed by atoms with Gasteiger partial charge in [-0.2, -0.15) is 0 Å². The molecular formula is C52H44B2N20O8P2. The molecule has 12 aromatic rings. The van der Waals surface area contributed by atoms with E-state index in [0.717, 1.165) is 18.8 Å². The number of hydrogen-bond acceptors (Lipinski definition) is 20. The van der Waals surface area contributed by atoms with Gasteiger partial charge in [0, 0.05) is 41.2 Å². The lowest BCUT2D eigenvalue weighted by atomic mass is 10.2. The Hall–Kier alpha value is -11.4. The highest BCUT2D eigenvalue weighted by Gasteiger charge is 2.48. The van der Waals surface area contributed by atoms with Crippen molar-refractivity contribution >= 4 is 95.9 Å². The first-order chi connectivity index (χ1) is 41.0.